The predicted octanol–water partition coefficient (Wildman–Crippen LogP) is -1.72. The number of ether oxygens (including phenoxy) is 4. The zero-order chi connectivity index (χ0) is 25.3. The Hall–Kier alpha value is -2.88. The molecule has 35 heavy (non-hydrogen) atoms. The van der Waals surface area contributed by atoms with Crippen molar-refractivity contribution in [1.82, 2.24) is 19.1 Å². The first kappa shape index (κ1) is 25.2. The molecule has 4 rings (SSSR count). The van der Waals surface area contributed by atoms with Gasteiger partial charge in [0.05, 0.1) is 25.4 Å². The quantitative estimate of drug-likeness (QED) is 0.240. The number of H-pyrrole nitrogens is 1. The van der Waals surface area contributed by atoms with Crippen molar-refractivity contribution in [2.24, 2.45) is 0 Å². The third-order valence-electron chi connectivity index (χ3n) is 6.15. The summed E-state index contributed by atoms with van der Waals surface area (Å²) in [5.41, 5.74) is 4.95. The van der Waals surface area contributed by atoms with E-state index in [1.807, 2.05) is 0 Å². The maximum atomic E-state index is 12.1. The van der Waals surface area contributed by atoms with Crippen LogP contribution in [0.2, 0.25) is 0 Å². The number of nitrogens with two attached hydrogens (primary N) is 1. The van der Waals surface area contributed by atoms with E-state index in [-0.39, 0.29) is 38.7 Å². The van der Waals surface area contributed by atoms with Gasteiger partial charge in [0.15, 0.2) is 0 Å². The maximum Gasteiger partial charge on any atom is 0.351 e. The molecule has 2 saturated heterocycles. The molecule has 4 heterocycles. The first-order valence-electron chi connectivity index (χ1n) is 11.1. The van der Waals surface area contributed by atoms with E-state index >= 15 is 0 Å². The number of aliphatic hydroxyl groups excluding tert-OH is 2. The lowest BCUT2D eigenvalue weighted by atomic mass is 10.2. The van der Waals surface area contributed by atoms with Crippen LogP contribution in [0.3, 0.4) is 0 Å². The second-order valence-corrected chi connectivity index (χ2v) is 8.65. The summed E-state index contributed by atoms with van der Waals surface area (Å²) in [6.07, 6.45) is -0.914. The van der Waals surface area contributed by atoms with Crippen molar-refractivity contribution in [1.29, 1.82) is 0 Å². The third kappa shape index (κ3) is 5.37. The van der Waals surface area contributed by atoms with Crippen LogP contribution in [0.5, 0.6) is 0 Å². The minimum Gasteiger partial charge on any atom is -0.394 e. The molecule has 0 spiro atoms. The summed E-state index contributed by atoms with van der Waals surface area (Å²) in [6.45, 7) is 2.76. The van der Waals surface area contributed by atoms with Crippen molar-refractivity contribution in [3.63, 3.8) is 0 Å². The molecule has 2 fully saturated rings. The molecule has 0 aliphatic carbocycles. The van der Waals surface area contributed by atoms with Gasteiger partial charge in [0.2, 0.25) is 0 Å². The van der Waals surface area contributed by atoms with E-state index in [0.29, 0.717) is 11.1 Å². The van der Waals surface area contributed by atoms with Crippen molar-refractivity contribution < 1.29 is 29.2 Å². The molecule has 0 saturated carbocycles. The van der Waals surface area contributed by atoms with E-state index in [9.17, 15) is 24.6 Å². The lowest BCUT2D eigenvalue weighted by Gasteiger charge is -2.19. The van der Waals surface area contributed by atoms with Crippen molar-refractivity contribution in [3.05, 3.63) is 54.8 Å². The number of anilines is 1. The van der Waals surface area contributed by atoms with E-state index < -0.39 is 53.8 Å². The van der Waals surface area contributed by atoms with Crippen molar-refractivity contribution >= 4 is 5.82 Å². The van der Waals surface area contributed by atoms with E-state index in [2.05, 4.69) is 9.97 Å². The van der Waals surface area contributed by atoms with Gasteiger partial charge in [-0.25, -0.2) is 9.59 Å². The van der Waals surface area contributed by atoms with Gasteiger partial charge >= 0.3 is 11.4 Å². The van der Waals surface area contributed by atoms with Gasteiger partial charge in [0, 0.05) is 36.4 Å². The lowest BCUT2D eigenvalue weighted by Crippen LogP contribution is -2.33. The van der Waals surface area contributed by atoms with Gasteiger partial charge in [0.1, 0.15) is 37.3 Å². The SMILES string of the molecule is Cc1cn([C@H]2C[C@H](O)[C@@H](COCO[C@H]3C[C@H](n4cc(C)c(=O)[nH]c4=O)O[C@@H]3CO)O2)c(=O)nc1N. The summed E-state index contributed by atoms with van der Waals surface area (Å²) in [4.78, 5) is 41.8. The number of nitrogen functional groups attached to an aromatic ring is 1. The fourth-order valence-electron chi connectivity index (χ4n) is 4.13. The normalized spacial score (nSPS) is 28.6. The maximum absolute atomic E-state index is 12.1. The third-order valence-corrected chi connectivity index (χ3v) is 6.15. The van der Waals surface area contributed by atoms with Crippen LogP contribution in [0.4, 0.5) is 5.82 Å². The van der Waals surface area contributed by atoms with E-state index in [1.54, 1.807) is 13.8 Å². The van der Waals surface area contributed by atoms with Gasteiger partial charge < -0.3 is 34.9 Å². The minimum atomic E-state index is -0.871. The Morgan fingerprint density at radius 1 is 1.11 bits per heavy atom. The number of aromatic nitrogens is 4. The van der Waals surface area contributed by atoms with Crippen LogP contribution in [-0.2, 0) is 18.9 Å². The Labute approximate surface area is 198 Å². The minimum absolute atomic E-state index is 0.00677. The smallest absolute Gasteiger partial charge is 0.351 e. The van der Waals surface area contributed by atoms with Gasteiger partial charge in [-0.15, -0.1) is 0 Å². The van der Waals surface area contributed by atoms with Gasteiger partial charge in [-0.05, 0) is 13.8 Å². The van der Waals surface area contributed by atoms with Crippen LogP contribution in [0.1, 0.15) is 36.4 Å². The highest BCUT2D eigenvalue weighted by atomic mass is 16.7. The Balaban J connectivity index is 1.30. The molecule has 2 aromatic rings. The molecule has 2 aliphatic heterocycles. The summed E-state index contributed by atoms with van der Waals surface area (Å²) >= 11 is 0. The highest BCUT2D eigenvalue weighted by molar-refractivity contribution is 5.35. The van der Waals surface area contributed by atoms with Crippen LogP contribution in [0, 0.1) is 13.8 Å². The van der Waals surface area contributed by atoms with E-state index in [1.165, 1.54) is 21.5 Å². The van der Waals surface area contributed by atoms with Crippen LogP contribution >= 0.6 is 0 Å². The van der Waals surface area contributed by atoms with Crippen LogP contribution in [0.25, 0.3) is 0 Å². The van der Waals surface area contributed by atoms with Gasteiger partial charge in [-0.1, -0.05) is 0 Å². The van der Waals surface area contributed by atoms with Gasteiger partial charge in [0.25, 0.3) is 5.56 Å². The number of nitrogens with zero attached hydrogens (tertiary/aromatic N) is 3. The molecule has 0 radical (unpaired) electrons. The first-order valence-corrected chi connectivity index (χ1v) is 11.1. The summed E-state index contributed by atoms with van der Waals surface area (Å²) in [5, 5.41) is 20.0. The molecule has 5 N–H and O–H groups in total. The molecular weight excluding hydrogens is 466 g/mol. The number of nitrogens with one attached hydrogen (secondary N) is 1. The van der Waals surface area contributed by atoms with Gasteiger partial charge in [-0.3, -0.25) is 18.9 Å². The van der Waals surface area contributed by atoms with Crippen molar-refractivity contribution in [3.8, 4) is 0 Å². The number of hydrogen-bond donors (Lipinski definition) is 4. The largest absolute Gasteiger partial charge is 0.394 e. The molecule has 0 unspecified atom stereocenters. The molecule has 2 aromatic heterocycles. The fourth-order valence-corrected chi connectivity index (χ4v) is 4.13. The molecule has 2 aliphatic rings. The van der Waals surface area contributed by atoms with E-state index in [0.717, 1.165) is 0 Å². The topological polar surface area (TPSA) is 193 Å². The average molecular weight is 495 g/mol. The number of aryl methyl sites for hydroxylation is 2. The molecular formula is C21H29N5O9. The highest BCUT2D eigenvalue weighted by Crippen LogP contribution is 2.30. The molecule has 14 nitrogen and oxygen atoms in total. The Morgan fingerprint density at radius 2 is 1.80 bits per heavy atom. The molecule has 6 atom stereocenters. The standard InChI is InChI=1S/C21H29N5O9/c1-10-5-25(20(30)23-18(10)22)16-3-12(28)15(35-16)8-32-9-33-13-4-17(34-14(13)7-27)26-6-11(2)19(29)24-21(26)31/h5-6,12-17,27-28H,3-4,7-9H2,1-2H3,(H2,22,23,30)(H,24,29,31)/t12-,13-,14+,15+,16+,17+/m0/s1. The highest BCUT2D eigenvalue weighted by Gasteiger charge is 2.38. The van der Waals surface area contributed by atoms with E-state index in [4.69, 9.17) is 24.7 Å². The number of rotatable bonds is 8. The van der Waals surface area contributed by atoms with Crippen LogP contribution in [-0.4, -0.2) is 73.7 Å². The molecule has 0 bridgehead atoms. The number of aromatic amines is 1. The Bertz CT molecular complexity index is 1220. The van der Waals surface area contributed by atoms with Gasteiger partial charge in [-0.2, -0.15) is 4.98 Å². The molecule has 0 amide bonds. The lowest BCUT2D eigenvalue weighted by molar-refractivity contribution is -0.142. The van der Waals surface area contributed by atoms with Crippen LogP contribution < -0.4 is 22.7 Å². The Kier molecular flexibility index (Phi) is 7.49. The summed E-state index contributed by atoms with van der Waals surface area (Å²) in [6, 6.07) is 0. The number of aliphatic hydroxyl groups is 2. The zero-order valence-corrected chi connectivity index (χ0v) is 19.3. The average Bonchev–Trinajstić information content (AvgIpc) is 3.39. The second-order valence-electron chi connectivity index (χ2n) is 8.65. The second kappa shape index (κ2) is 10.4. The monoisotopic (exact) mass is 495 g/mol. The number of hydrogen-bond acceptors (Lipinski definition) is 11. The summed E-state index contributed by atoms with van der Waals surface area (Å²) in [7, 11) is 0. The summed E-state index contributed by atoms with van der Waals surface area (Å²) in [5.74, 6) is 0.140. The fraction of sp³-hybridized carbons (Fsp3) is 0.619. The van der Waals surface area contributed by atoms with Crippen LogP contribution in [0.15, 0.2) is 26.8 Å². The predicted molar refractivity (Wildman–Crippen MR) is 120 cm³/mol. The summed E-state index contributed by atoms with van der Waals surface area (Å²) < 4.78 is 25.3. The van der Waals surface area contributed by atoms with Crippen molar-refractivity contribution in [2.75, 3.05) is 25.7 Å². The molecule has 14 heteroatoms. The first-order chi connectivity index (χ1) is 16.7. The molecule has 0 aromatic carbocycles. The zero-order valence-electron chi connectivity index (χ0n) is 19.3. The van der Waals surface area contributed by atoms with Crippen molar-refractivity contribution in [2.45, 2.75) is 63.6 Å². The Morgan fingerprint density at radius 3 is 2.54 bits per heavy atom. The molecule has 192 valence electrons.